The van der Waals surface area contributed by atoms with Crippen LogP contribution in [0.2, 0.25) is 0 Å². The molecule has 0 aromatic carbocycles. The van der Waals surface area contributed by atoms with Crippen LogP contribution in [-0.4, -0.2) is 48.7 Å². The molecule has 1 N–H and O–H groups in total. The third-order valence-electron chi connectivity index (χ3n) is 2.28. The molecule has 0 radical (unpaired) electrons. The van der Waals surface area contributed by atoms with E-state index >= 15 is 0 Å². The molecule has 2 rings (SSSR count). The number of aromatic nitrogens is 2. The van der Waals surface area contributed by atoms with Crippen LogP contribution < -0.4 is 0 Å². The van der Waals surface area contributed by atoms with E-state index in [1.165, 1.54) is 16.7 Å². The summed E-state index contributed by atoms with van der Waals surface area (Å²) >= 11 is 0. The van der Waals surface area contributed by atoms with Gasteiger partial charge in [-0.15, -0.1) is 0 Å². The number of rotatable bonds is 2. The highest BCUT2D eigenvalue weighted by Crippen LogP contribution is 2.16. The molecule has 1 saturated heterocycles. The number of nitrogens with one attached hydrogen (secondary N) is 1. The molecule has 86 valence electrons. The highest BCUT2D eigenvalue weighted by molar-refractivity contribution is 7.89. The molecular weight excluding hydrogens is 232 g/mol. The third kappa shape index (κ3) is 1.92. The molecule has 1 aromatic heterocycles. The maximum atomic E-state index is 12.0. The van der Waals surface area contributed by atoms with Gasteiger partial charge in [-0.1, -0.05) is 0 Å². The van der Waals surface area contributed by atoms with Gasteiger partial charge >= 0.3 is 0 Å². The summed E-state index contributed by atoms with van der Waals surface area (Å²) in [6.07, 6.45) is 1.86. The summed E-state index contributed by atoms with van der Waals surface area (Å²) in [6.45, 7) is 0.547. The molecule has 0 saturated carbocycles. The first-order valence-corrected chi connectivity index (χ1v) is 6.09. The molecule has 0 aliphatic carbocycles. The molecule has 0 spiro atoms. The Kier molecular flexibility index (Phi) is 2.91. The van der Waals surface area contributed by atoms with Gasteiger partial charge in [-0.25, -0.2) is 8.42 Å². The monoisotopic (exact) mass is 242 g/mol. The summed E-state index contributed by atoms with van der Waals surface area (Å²) in [6, 6.07) is 1.90. The Morgan fingerprint density at radius 3 is 3.12 bits per heavy atom. The minimum absolute atomic E-state index is 0.0595. The van der Waals surface area contributed by atoms with E-state index in [1.54, 1.807) is 0 Å². The standard InChI is InChI=1S/C8H10N4O3S/c9-3-7-6-12(1-2-15-7)16(13,14)8-4-10-11-5-8/h4-5,7H,1-2,6H2,(H,10,11). The van der Waals surface area contributed by atoms with E-state index in [1.807, 2.05) is 6.07 Å². The Morgan fingerprint density at radius 1 is 1.69 bits per heavy atom. The first-order valence-electron chi connectivity index (χ1n) is 4.65. The van der Waals surface area contributed by atoms with E-state index in [-0.39, 0.29) is 24.6 Å². The number of sulfonamides is 1. The molecule has 1 aliphatic heterocycles. The van der Waals surface area contributed by atoms with E-state index in [2.05, 4.69) is 10.2 Å². The first-order chi connectivity index (χ1) is 7.64. The average molecular weight is 242 g/mol. The van der Waals surface area contributed by atoms with E-state index in [9.17, 15) is 8.42 Å². The summed E-state index contributed by atoms with van der Waals surface area (Å²) in [5.41, 5.74) is 0. The first kappa shape index (κ1) is 11.1. The number of nitrogens with zero attached hydrogens (tertiary/aromatic N) is 3. The van der Waals surface area contributed by atoms with Crippen molar-refractivity contribution in [3.63, 3.8) is 0 Å². The quantitative estimate of drug-likeness (QED) is 0.741. The fourth-order valence-electron chi connectivity index (χ4n) is 1.45. The number of H-pyrrole nitrogens is 1. The second kappa shape index (κ2) is 4.21. The summed E-state index contributed by atoms with van der Waals surface area (Å²) in [5.74, 6) is 0. The molecule has 0 bridgehead atoms. The smallest absolute Gasteiger partial charge is 0.246 e. The van der Waals surface area contributed by atoms with Gasteiger partial charge in [-0.3, -0.25) is 5.10 Å². The van der Waals surface area contributed by atoms with Gasteiger partial charge in [0.05, 0.1) is 25.4 Å². The number of hydrogen-bond acceptors (Lipinski definition) is 5. The van der Waals surface area contributed by atoms with Gasteiger partial charge in [-0.05, 0) is 0 Å². The van der Waals surface area contributed by atoms with Gasteiger partial charge in [-0.2, -0.15) is 14.7 Å². The molecule has 1 aromatic rings. The molecule has 1 unspecified atom stereocenters. The Bertz CT molecular complexity index is 490. The molecular formula is C8H10N4O3S. The maximum Gasteiger partial charge on any atom is 0.246 e. The fourth-order valence-corrected chi connectivity index (χ4v) is 2.78. The van der Waals surface area contributed by atoms with Crippen molar-refractivity contribution in [1.82, 2.24) is 14.5 Å². The highest BCUT2D eigenvalue weighted by atomic mass is 32.2. The molecule has 1 aliphatic rings. The maximum absolute atomic E-state index is 12.0. The van der Waals surface area contributed by atoms with Crippen molar-refractivity contribution >= 4 is 10.0 Å². The van der Waals surface area contributed by atoms with Crippen molar-refractivity contribution in [2.24, 2.45) is 0 Å². The van der Waals surface area contributed by atoms with Crippen molar-refractivity contribution in [2.45, 2.75) is 11.0 Å². The van der Waals surface area contributed by atoms with E-state index < -0.39 is 16.1 Å². The van der Waals surface area contributed by atoms with Crippen LogP contribution in [0, 0.1) is 11.3 Å². The van der Waals surface area contributed by atoms with Crippen LogP contribution in [0.1, 0.15) is 0 Å². The number of nitriles is 1. The summed E-state index contributed by atoms with van der Waals surface area (Å²) in [7, 11) is -3.55. The third-order valence-corrected chi connectivity index (χ3v) is 4.11. The number of aromatic amines is 1. The molecule has 7 nitrogen and oxygen atoms in total. The Labute approximate surface area is 92.7 Å². The Hall–Kier alpha value is -1.43. The van der Waals surface area contributed by atoms with E-state index in [0.717, 1.165) is 0 Å². The lowest BCUT2D eigenvalue weighted by molar-refractivity contribution is 0.0311. The molecule has 1 fully saturated rings. The predicted octanol–water partition coefficient (Wildman–Crippen LogP) is -0.677. The van der Waals surface area contributed by atoms with Gasteiger partial charge < -0.3 is 4.74 Å². The SMILES string of the molecule is N#CC1CN(S(=O)(=O)c2cn[nH]c2)CCO1. The lowest BCUT2D eigenvalue weighted by Crippen LogP contribution is -2.44. The van der Waals surface area contributed by atoms with Gasteiger partial charge in [0.1, 0.15) is 4.90 Å². The Balaban J connectivity index is 2.22. The topological polar surface area (TPSA) is 99.1 Å². The second-order valence-electron chi connectivity index (χ2n) is 3.29. The second-order valence-corrected chi connectivity index (χ2v) is 5.22. The van der Waals surface area contributed by atoms with E-state index in [0.29, 0.717) is 0 Å². The van der Waals surface area contributed by atoms with Crippen molar-refractivity contribution in [3.8, 4) is 6.07 Å². The zero-order valence-electron chi connectivity index (χ0n) is 8.33. The lowest BCUT2D eigenvalue weighted by atomic mass is 10.3. The van der Waals surface area contributed by atoms with Gasteiger partial charge in [0.25, 0.3) is 0 Å². The van der Waals surface area contributed by atoms with Crippen LogP contribution in [0.15, 0.2) is 17.3 Å². The molecule has 8 heteroatoms. The van der Waals surface area contributed by atoms with Gasteiger partial charge in [0.15, 0.2) is 6.10 Å². The zero-order valence-corrected chi connectivity index (χ0v) is 9.14. The number of hydrogen-bond donors (Lipinski definition) is 1. The fraction of sp³-hybridized carbons (Fsp3) is 0.500. The van der Waals surface area contributed by atoms with Crippen LogP contribution in [0.5, 0.6) is 0 Å². The van der Waals surface area contributed by atoms with Crippen molar-refractivity contribution in [1.29, 1.82) is 5.26 Å². The van der Waals surface area contributed by atoms with Crippen molar-refractivity contribution in [2.75, 3.05) is 19.7 Å². The summed E-state index contributed by atoms with van der Waals surface area (Å²) < 4.78 is 30.3. The summed E-state index contributed by atoms with van der Waals surface area (Å²) in [4.78, 5) is 0.103. The van der Waals surface area contributed by atoms with Crippen LogP contribution in [0.25, 0.3) is 0 Å². The largest absolute Gasteiger partial charge is 0.361 e. The van der Waals surface area contributed by atoms with Crippen molar-refractivity contribution < 1.29 is 13.2 Å². The summed E-state index contributed by atoms with van der Waals surface area (Å²) in [5, 5.41) is 14.7. The lowest BCUT2D eigenvalue weighted by Gasteiger charge is -2.28. The normalized spacial score (nSPS) is 22.8. The molecule has 16 heavy (non-hydrogen) atoms. The average Bonchev–Trinajstić information content (AvgIpc) is 2.83. The van der Waals surface area contributed by atoms with Crippen LogP contribution in [0.3, 0.4) is 0 Å². The highest BCUT2D eigenvalue weighted by Gasteiger charge is 2.31. The molecule has 2 heterocycles. The van der Waals surface area contributed by atoms with Crippen molar-refractivity contribution in [3.05, 3.63) is 12.4 Å². The van der Waals surface area contributed by atoms with Crippen LogP contribution >= 0.6 is 0 Å². The minimum Gasteiger partial charge on any atom is -0.361 e. The predicted molar refractivity (Wildman–Crippen MR) is 52.7 cm³/mol. The zero-order chi connectivity index (χ0) is 11.6. The Morgan fingerprint density at radius 2 is 2.50 bits per heavy atom. The van der Waals surface area contributed by atoms with Crippen LogP contribution in [0.4, 0.5) is 0 Å². The van der Waals surface area contributed by atoms with Gasteiger partial charge in [0.2, 0.25) is 10.0 Å². The van der Waals surface area contributed by atoms with E-state index in [4.69, 9.17) is 10.00 Å². The van der Waals surface area contributed by atoms with Gasteiger partial charge in [0, 0.05) is 12.7 Å². The van der Waals surface area contributed by atoms with Crippen LogP contribution in [-0.2, 0) is 14.8 Å². The number of ether oxygens (including phenoxy) is 1. The minimum atomic E-state index is -3.55. The molecule has 0 amide bonds. The number of morpholine rings is 1. The molecule has 1 atom stereocenters.